The Hall–Kier alpha value is -4.76. The summed E-state index contributed by atoms with van der Waals surface area (Å²) in [5.74, 6) is 1.07. The van der Waals surface area contributed by atoms with Crippen molar-refractivity contribution < 1.29 is 4.42 Å². The SMILES string of the molecule is CC(C)(C)c1ccc(-c2nnc(-c3cccc4c3C3(c5ccccc5-c5ccccc53)c3ccccc3-4)o2)cc1. The average molecular weight is 517 g/mol. The van der Waals surface area contributed by atoms with E-state index in [0.29, 0.717) is 11.8 Å². The van der Waals surface area contributed by atoms with Gasteiger partial charge in [0, 0.05) is 11.1 Å². The maximum atomic E-state index is 6.46. The van der Waals surface area contributed by atoms with Gasteiger partial charge in [0.15, 0.2) is 0 Å². The van der Waals surface area contributed by atoms with E-state index in [-0.39, 0.29) is 5.41 Å². The molecule has 40 heavy (non-hydrogen) atoms. The maximum Gasteiger partial charge on any atom is 0.248 e. The van der Waals surface area contributed by atoms with Crippen LogP contribution < -0.4 is 0 Å². The van der Waals surface area contributed by atoms with Crippen molar-refractivity contribution in [3.8, 4) is 45.2 Å². The van der Waals surface area contributed by atoms with E-state index in [9.17, 15) is 0 Å². The van der Waals surface area contributed by atoms with Crippen LogP contribution in [0.4, 0.5) is 0 Å². The fourth-order valence-corrected chi connectivity index (χ4v) is 6.89. The van der Waals surface area contributed by atoms with E-state index in [4.69, 9.17) is 4.42 Å². The highest BCUT2D eigenvalue weighted by Crippen LogP contribution is 2.64. The van der Waals surface area contributed by atoms with Crippen LogP contribution in [0, 0.1) is 0 Å². The highest BCUT2D eigenvalue weighted by molar-refractivity contribution is 5.97. The predicted molar refractivity (Wildman–Crippen MR) is 160 cm³/mol. The molecule has 5 aromatic carbocycles. The van der Waals surface area contributed by atoms with Gasteiger partial charge in [0.25, 0.3) is 0 Å². The zero-order valence-corrected chi connectivity index (χ0v) is 22.8. The molecule has 6 aromatic rings. The van der Waals surface area contributed by atoms with Crippen LogP contribution in [0.2, 0.25) is 0 Å². The van der Waals surface area contributed by atoms with Gasteiger partial charge in [-0.05, 0) is 73.7 Å². The van der Waals surface area contributed by atoms with E-state index < -0.39 is 5.41 Å². The molecule has 1 aromatic heterocycles. The van der Waals surface area contributed by atoms with Crippen LogP contribution in [0.3, 0.4) is 0 Å². The van der Waals surface area contributed by atoms with E-state index >= 15 is 0 Å². The Morgan fingerprint density at radius 3 is 1.55 bits per heavy atom. The Bertz CT molecular complexity index is 1880. The summed E-state index contributed by atoms with van der Waals surface area (Å²) >= 11 is 0. The standard InChI is InChI=1S/C37H28N2O/c1-36(2,3)24-21-19-23(20-22-24)34-38-39-35(40-34)29-15-10-14-28-27-13-6-9-18-32(27)37(33(28)29)30-16-7-4-11-25(30)26-12-5-8-17-31(26)37/h4-22H,1-3H3. The van der Waals surface area contributed by atoms with Gasteiger partial charge < -0.3 is 4.42 Å². The van der Waals surface area contributed by atoms with Crippen molar-refractivity contribution in [1.82, 2.24) is 10.2 Å². The maximum absolute atomic E-state index is 6.46. The molecule has 1 heterocycles. The largest absolute Gasteiger partial charge is 0.416 e. The van der Waals surface area contributed by atoms with Gasteiger partial charge in [-0.1, -0.05) is 118 Å². The zero-order valence-electron chi connectivity index (χ0n) is 22.8. The minimum Gasteiger partial charge on any atom is -0.416 e. The van der Waals surface area contributed by atoms with Crippen LogP contribution in [0.5, 0.6) is 0 Å². The molecule has 0 saturated heterocycles. The molecule has 192 valence electrons. The molecule has 8 rings (SSSR count). The second-order valence-corrected chi connectivity index (χ2v) is 11.9. The van der Waals surface area contributed by atoms with E-state index in [0.717, 1.165) is 11.1 Å². The first-order chi connectivity index (χ1) is 19.5. The summed E-state index contributed by atoms with van der Waals surface area (Å²) in [5.41, 5.74) is 12.9. The lowest BCUT2D eigenvalue weighted by molar-refractivity contribution is 0.580. The van der Waals surface area contributed by atoms with Crippen molar-refractivity contribution in [2.24, 2.45) is 0 Å². The van der Waals surface area contributed by atoms with E-state index in [1.165, 1.54) is 50.1 Å². The van der Waals surface area contributed by atoms with Crippen LogP contribution in [0.15, 0.2) is 120 Å². The molecule has 0 saturated carbocycles. The first-order valence-corrected chi connectivity index (χ1v) is 13.9. The summed E-state index contributed by atoms with van der Waals surface area (Å²) in [4.78, 5) is 0. The lowest BCUT2D eigenvalue weighted by Gasteiger charge is -2.31. The van der Waals surface area contributed by atoms with Gasteiger partial charge in [0.05, 0.1) is 5.41 Å². The van der Waals surface area contributed by atoms with E-state index in [2.05, 4.69) is 146 Å². The third-order valence-electron chi connectivity index (χ3n) is 8.67. The smallest absolute Gasteiger partial charge is 0.248 e. The molecule has 0 N–H and O–H groups in total. The van der Waals surface area contributed by atoms with Crippen LogP contribution >= 0.6 is 0 Å². The van der Waals surface area contributed by atoms with Gasteiger partial charge in [-0.2, -0.15) is 0 Å². The molecule has 2 aliphatic rings. The van der Waals surface area contributed by atoms with Crippen molar-refractivity contribution >= 4 is 0 Å². The highest BCUT2D eigenvalue weighted by Gasteiger charge is 2.53. The molecular formula is C37H28N2O. The summed E-state index contributed by atoms with van der Waals surface area (Å²) in [6.07, 6.45) is 0. The summed E-state index contributed by atoms with van der Waals surface area (Å²) in [6, 6.07) is 41.4. The Morgan fingerprint density at radius 1 is 0.500 bits per heavy atom. The summed E-state index contributed by atoms with van der Waals surface area (Å²) in [6.45, 7) is 6.65. The molecule has 0 aliphatic heterocycles. The number of hydrogen-bond acceptors (Lipinski definition) is 3. The molecular weight excluding hydrogens is 488 g/mol. The number of nitrogens with zero attached hydrogens (tertiary/aromatic N) is 2. The molecule has 2 aliphatic carbocycles. The predicted octanol–water partition coefficient (Wildman–Crippen LogP) is 9.04. The van der Waals surface area contributed by atoms with Crippen LogP contribution in [0.1, 0.15) is 48.6 Å². The molecule has 3 heteroatoms. The first-order valence-electron chi connectivity index (χ1n) is 13.9. The molecule has 1 spiro atoms. The Labute approximate surface area is 234 Å². The lowest BCUT2D eigenvalue weighted by atomic mass is 9.69. The monoisotopic (exact) mass is 516 g/mol. The summed E-state index contributed by atoms with van der Waals surface area (Å²) in [7, 11) is 0. The van der Waals surface area contributed by atoms with Gasteiger partial charge in [0.1, 0.15) is 0 Å². The number of rotatable bonds is 2. The Balaban J connectivity index is 1.38. The van der Waals surface area contributed by atoms with Gasteiger partial charge >= 0.3 is 0 Å². The highest BCUT2D eigenvalue weighted by atomic mass is 16.4. The third-order valence-corrected chi connectivity index (χ3v) is 8.67. The van der Waals surface area contributed by atoms with E-state index in [1.54, 1.807) is 0 Å². The summed E-state index contributed by atoms with van der Waals surface area (Å²) in [5, 5.41) is 9.14. The third kappa shape index (κ3) is 3.00. The van der Waals surface area contributed by atoms with Gasteiger partial charge in [-0.25, -0.2) is 0 Å². The molecule has 0 unspecified atom stereocenters. The minimum atomic E-state index is -0.460. The van der Waals surface area contributed by atoms with Crippen molar-refractivity contribution in [2.75, 3.05) is 0 Å². The van der Waals surface area contributed by atoms with Crippen LogP contribution in [0.25, 0.3) is 45.2 Å². The lowest BCUT2D eigenvalue weighted by Crippen LogP contribution is -2.26. The average Bonchev–Trinajstić information content (AvgIpc) is 3.67. The normalized spacial score (nSPS) is 14.1. The number of fused-ring (bicyclic) bond motifs is 10. The van der Waals surface area contributed by atoms with Gasteiger partial charge in [-0.15, -0.1) is 10.2 Å². The van der Waals surface area contributed by atoms with Crippen molar-refractivity contribution in [3.63, 3.8) is 0 Å². The second-order valence-electron chi connectivity index (χ2n) is 11.9. The number of hydrogen-bond donors (Lipinski definition) is 0. The number of aromatic nitrogens is 2. The fraction of sp³-hybridized carbons (Fsp3) is 0.135. The van der Waals surface area contributed by atoms with Crippen molar-refractivity contribution in [1.29, 1.82) is 0 Å². The quantitative estimate of drug-likeness (QED) is 0.230. The van der Waals surface area contributed by atoms with Crippen molar-refractivity contribution in [2.45, 2.75) is 31.6 Å². The molecule has 0 amide bonds. The van der Waals surface area contributed by atoms with Crippen LogP contribution in [-0.2, 0) is 10.8 Å². The molecule has 3 nitrogen and oxygen atoms in total. The topological polar surface area (TPSA) is 38.9 Å². The second kappa shape index (κ2) is 8.12. The molecule has 0 atom stereocenters. The molecule has 0 fully saturated rings. The van der Waals surface area contributed by atoms with Crippen molar-refractivity contribution in [3.05, 3.63) is 143 Å². The fourth-order valence-electron chi connectivity index (χ4n) is 6.89. The Kier molecular flexibility index (Phi) is 4.70. The minimum absolute atomic E-state index is 0.0836. The van der Waals surface area contributed by atoms with E-state index in [1.807, 2.05) is 0 Å². The zero-order chi connectivity index (χ0) is 27.1. The van der Waals surface area contributed by atoms with Crippen LogP contribution in [-0.4, -0.2) is 10.2 Å². The first kappa shape index (κ1) is 23.2. The summed E-state index contributed by atoms with van der Waals surface area (Å²) < 4.78 is 6.46. The molecule has 0 radical (unpaired) electrons. The molecule has 0 bridgehead atoms. The number of benzene rings is 5. The van der Waals surface area contributed by atoms with Gasteiger partial charge in [0.2, 0.25) is 11.8 Å². The van der Waals surface area contributed by atoms with Gasteiger partial charge in [-0.3, -0.25) is 0 Å². The Morgan fingerprint density at radius 2 is 0.975 bits per heavy atom.